The Bertz CT molecular complexity index is 1140. The molecule has 2 aromatic carbocycles. The molecular weight excluding hydrogens is 497 g/mol. The van der Waals surface area contributed by atoms with Crippen molar-refractivity contribution in [2.75, 3.05) is 5.32 Å². The van der Waals surface area contributed by atoms with E-state index in [-0.39, 0.29) is 30.2 Å². The topological polar surface area (TPSA) is 99.3 Å². The fourth-order valence-corrected chi connectivity index (χ4v) is 3.06. The first-order valence-corrected chi connectivity index (χ1v) is 9.94. The number of hydrogen-bond donors (Lipinski definition) is 1. The van der Waals surface area contributed by atoms with Crippen LogP contribution in [0.3, 0.4) is 0 Å². The van der Waals surface area contributed by atoms with E-state index in [1.165, 1.54) is 12.1 Å². The highest BCUT2D eigenvalue weighted by atomic mass is 79.9. The lowest BCUT2D eigenvalue weighted by Gasteiger charge is -2.11. The number of benzene rings is 2. The maximum absolute atomic E-state index is 12.9. The van der Waals surface area contributed by atoms with E-state index in [0.717, 1.165) is 40.5 Å². The number of aromatic nitrogens is 2. The molecule has 3 aromatic rings. The van der Waals surface area contributed by atoms with Crippen molar-refractivity contribution in [3.63, 3.8) is 0 Å². The van der Waals surface area contributed by atoms with Gasteiger partial charge in [0.1, 0.15) is 11.5 Å². The van der Waals surface area contributed by atoms with Gasteiger partial charge in [0, 0.05) is 31.3 Å². The predicted molar refractivity (Wildman–Crippen MR) is 113 cm³/mol. The summed E-state index contributed by atoms with van der Waals surface area (Å²) in [6.07, 6.45) is -2.80. The van der Waals surface area contributed by atoms with Crippen LogP contribution in [0.25, 0.3) is 0 Å². The van der Waals surface area contributed by atoms with Crippen LogP contribution in [0.4, 0.5) is 24.5 Å². The largest absolute Gasteiger partial charge is 0.457 e. The molecule has 0 fully saturated rings. The third-order valence-electron chi connectivity index (χ3n) is 4.24. The molecule has 1 heterocycles. The number of amides is 1. The molecule has 0 bridgehead atoms. The van der Waals surface area contributed by atoms with E-state index in [4.69, 9.17) is 4.74 Å². The number of anilines is 1. The standard InChI is InChI=1S/C20H16BrF3N4O4/c1-12-18(21)11-27(26-12)6-5-19(29)25-14-8-15(28(30)31)10-17(9-14)32-16-4-2-3-13(7-16)20(22,23)24/h2-4,7-11H,5-6H2,1H3,(H,25,29). The number of nitro benzene ring substituents is 1. The Kier molecular flexibility index (Phi) is 6.82. The number of nitrogens with one attached hydrogen (secondary N) is 1. The molecule has 0 spiro atoms. The summed E-state index contributed by atoms with van der Waals surface area (Å²) < 4.78 is 46.5. The van der Waals surface area contributed by atoms with E-state index >= 15 is 0 Å². The Hall–Kier alpha value is -3.41. The number of carbonyl (C=O) groups excluding carboxylic acids is 1. The van der Waals surface area contributed by atoms with Crippen molar-refractivity contribution < 1.29 is 27.6 Å². The summed E-state index contributed by atoms with van der Waals surface area (Å²) in [5.74, 6) is -0.683. The molecule has 1 aromatic heterocycles. The minimum atomic E-state index is -4.57. The quantitative estimate of drug-likeness (QED) is 0.323. The number of halogens is 4. The number of nitrogens with zero attached hydrogens (tertiary/aromatic N) is 3. The van der Waals surface area contributed by atoms with Crippen molar-refractivity contribution in [1.82, 2.24) is 9.78 Å². The second-order valence-electron chi connectivity index (χ2n) is 6.72. The molecule has 32 heavy (non-hydrogen) atoms. The van der Waals surface area contributed by atoms with Gasteiger partial charge in [0.25, 0.3) is 5.69 Å². The highest BCUT2D eigenvalue weighted by molar-refractivity contribution is 9.10. The van der Waals surface area contributed by atoms with Gasteiger partial charge in [0.05, 0.1) is 32.4 Å². The van der Waals surface area contributed by atoms with Crippen LogP contribution in [0.2, 0.25) is 0 Å². The monoisotopic (exact) mass is 512 g/mol. The van der Waals surface area contributed by atoms with Gasteiger partial charge in [-0.25, -0.2) is 0 Å². The van der Waals surface area contributed by atoms with Crippen LogP contribution in [0.5, 0.6) is 11.5 Å². The molecule has 0 saturated carbocycles. The number of non-ortho nitro benzene ring substituents is 1. The number of nitro groups is 1. The fraction of sp³-hybridized carbons (Fsp3) is 0.200. The lowest BCUT2D eigenvalue weighted by atomic mass is 10.2. The maximum atomic E-state index is 12.9. The molecular formula is C20H16BrF3N4O4. The van der Waals surface area contributed by atoms with Gasteiger partial charge in [-0.3, -0.25) is 19.6 Å². The molecule has 0 aliphatic carbocycles. The van der Waals surface area contributed by atoms with Crippen LogP contribution < -0.4 is 10.1 Å². The molecule has 0 radical (unpaired) electrons. The summed E-state index contributed by atoms with van der Waals surface area (Å²) in [5, 5.41) is 18.0. The Morgan fingerprint density at radius 2 is 2.00 bits per heavy atom. The summed E-state index contributed by atoms with van der Waals surface area (Å²) in [4.78, 5) is 22.8. The smallest absolute Gasteiger partial charge is 0.416 e. The van der Waals surface area contributed by atoms with Crippen molar-refractivity contribution in [2.45, 2.75) is 26.1 Å². The summed E-state index contributed by atoms with van der Waals surface area (Å²) >= 11 is 3.32. The first-order chi connectivity index (χ1) is 15.0. The van der Waals surface area contributed by atoms with Crippen molar-refractivity contribution in [3.05, 3.63) is 74.5 Å². The molecule has 3 rings (SSSR count). The van der Waals surface area contributed by atoms with Gasteiger partial charge in [0.15, 0.2) is 0 Å². The molecule has 0 aliphatic rings. The van der Waals surface area contributed by atoms with E-state index in [1.807, 2.05) is 0 Å². The van der Waals surface area contributed by atoms with Crippen molar-refractivity contribution in [2.24, 2.45) is 0 Å². The minimum absolute atomic E-state index is 0.0417. The number of carbonyl (C=O) groups is 1. The van der Waals surface area contributed by atoms with Crippen LogP contribution in [-0.2, 0) is 17.5 Å². The molecule has 0 saturated heterocycles. The molecule has 12 heteroatoms. The molecule has 0 unspecified atom stereocenters. The zero-order chi connectivity index (χ0) is 23.5. The van der Waals surface area contributed by atoms with E-state index in [9.17, 15) is 28.1 Å². The van der Waals surface area contributed by atoms with Gasteiger partial charge in [-0.15, -0.1) is 0 Å². The number of ether oxygens (including phenoxy) is 1. The average molecular weight is 513 g/mol. The van der Waals surface area contributed by atoms with Crippen LogP contribution in [0.1, 0.15) is 17.7 Å². The molecule has 0 aliphatic heterocycles. The summed E-state index contributed by atoms with van der Waals surface area (Å²) in [6.45, 7) is 2.08. The van der Waals surface area contributed by atoms with Crippen LogP contribution >= 0.6 is 15.9 Å². The Morgan fingerprint density at radius 1 is 1.25 bits per heavy atom. The summed E-state index contributed by atoms with van der Waals surface area (Å²) in [5.41, 5.74) is -0.477. The van der Waals surface area contributed by atoms with Gasteiger partial charge in [-0.2, -0.15) is 18.3 Å². The third-order valence-corrected chi connectivity index (χ3v) is 5.02. The second kappa shape index (κ2) is 9.39. The van der Waals surface area contributed by atoms with E-state index in [1.54, 1.807) is 17.8 Å². The van der Waals surface area contributed by atoms with Gasteiger partial charge in [0.2, 0.25) is 5.91 Å². The van der Waals surface area contributed by atoms with Crippen molar-refractivity contribution in [1.29, 1.82) is 0 Å². The first kappa shape index (κ1) is 23.3. The number of alkyl halides is 3. The third kappa shape index (κ3) is 6.06. The Labute approximate surface area is 188 Å². The minimum Gasteiger partial charge on any atom is -0.457 e. The van der Waals surface area contributed by atoms with Crippen LogP contribution in [0.15, 0.2) is 53.1 Å². The first-order valence-electron chi connectivity index (χ1n) is 9.15. The summed E-state index contributed by atoms with van der Waals surface area (Å²) in [7, 11) is 0. The molecule has 1 amide bonds. The average Bonchev–Trinajstić information content (AvgIpc) is 3.03. The molecule has 168 valence electrons. The van der Waals surface area contributed by atoms with Gasteiger partial charge in [-0.05, 0) is 41.1 Å². The van der Waals surface area contributed by atoms with E-state index in [2.05, 4.69) is 26.3 Å². The van der Waals surface area contributed by atoms with E-state index < -0.39 is 28.3 Å². The number of aryl methyl sites for hydroxylation is 2. The zero-order valence-corrected chi connectivity index (χ0v) is 18.1. The SMILES string of the molecule is Cc1nn(CCC(=O)Nc2cc(Oc3cccc(C(F)(F)F)c3)cc([N+](=O)[O-])c2)cc1Br. The molecule has 8 nitrogen and oxygen atoms in total. The van der Waals surface area contributed by atoms with Crippen molar-refractivity contribution >= 4 is 33.2 Å². The van der Waals surface area contributed by atoms with Crippen LogP contribution in [0, 0.1) is 17.0 Å². The maximum Gasteiger partial charge on any atom is 0.416 e. The zero-order valence-electron chi connectivity index (χ0n) is 16.5. The Balaban J connectivity index is 1.75. The van der Waals surface area contributed by atoms with Crippen LogP contribution in [-0.4, -0.2) is 20.6 Å². The second-order valence-corrected chi connectivity index (χ2v) is 7.58. The highest BCUT2D eigenvalue weighted by Gasteiger charge is 2.30. The lowest BCUT2D eigenvalue weighted by molar-refractivity contribution is -0.384. The van der Waals surface area contributed by atoms with Gasteiger partial charge in [-0.1, -0.05) is 6.07 Å². The normalized spacial score (nSPS) is 11.3. The van der Waals surface area contributed by atoms with Gasteiger partial charge < -0.3 is 10.1 Å². The molecule has 1 N–H and O–H groups in total. The van der Waals surface area contributed by atoms with Gasteiger partial charge >= 0.3 is 6.18 Å². The highest BCUT2D eigenvalue weighted by Crippen LogP contribution is 2.34. The van der Waals surface area contributed by atoms with Crippen molar-refractivity contribution in [3.8, 4) is 11.5 Å². The molecule has 0 atom stereocenters. The number of rotatable bonds is 7. The predicted octanol–water partition coefficient (Wildman–Crippen LogP) is 5.70. The Morgan fingerprint density at radius 3 is 2.62 bits per heavy atom. The number of hydrogen-bond acceptors (Lipinski definition) is 5. The lowest BCUT2D eigenvalue weighted by Crippen LogP contribution is -2.15. The van der Waals surface area contributed by atoms with E-state index in [0.29, 0.717) is 0 Å². The fourth-order valence-electron chi connectivity index (χ4n) is 2.74. The summed E-state index contributed by atoms with van der Waals surface area (Å²) in [6, 6.07) is 7.59.